The van der Waals surface area contributed by atoms with Gasteiger partial charge in [-0.05, 0) is 24.6 Å². The molecule has 0 spiro atoms. The average Bonchev–Trinajstić information content (AvgIpc) is 2.58. The van der Waals surface area contributed by atoms with Crippen molar-refractivity contribution in [3.05, 3.63) is 29.8 Å². The summed E-state index contributed by atoms with van der Waals surface area (Å²) >= 11 is 0. The van der Waals surface area contributed by atoms with Gasteiger partial charge in [-0.3, -0.25) is 4.90 Å². The van der Waals surface area contributed by atoms with E-state index in [4.69, 9.17) is 10.5 Å². The summed E-state index contributed by atoms with van der Waals surface area (Å²) in [5, 5.41) is 17.7. The van der Waals surface area contributed by atoms with Crippen molar-refractivity contribution < 1.29 is 13.2 Å². The average molecular weight is 336 g/mol. The number of hydrogen-bond donors (Lipinski definition) is 0. The summed E-state index contributed by atoms with van der Waals surface area (Å²) in [5.74, 6) is -0.176. The highest BCUT2D eigenvalue weighted by Gasteiger charge is 2.31. The van der Waals surface area contributed by atoms with Crippen LogP contribution in [0.25, 0.3) is 0 Å². The van der Waals surface area contributed by atoms with Crippen LogP contribution in [0.4, 0.5) is 18.9 Å². The fraction of sp³-hybridized carbons (Fsp3) is 0.529. The minimum atomic E-state index is -4.33. The zero-order valence-corrected chi connectivity index (χ0v) is 13.3. The maximum atomic E-state index is 12.8. The second-order valence-electron chi connectivity index (χ2n) is 5.86. The Kier molecular flexibility index (Phi) is 6.05. The third kappa shape index (κ3) is 4.87. The van der Waals surface area contributed by atoms with Crippen molar-refractivity contribution in [1.82, 2.24) is 4.90 Å². The molecule has 1 saturated heterocycles. The van der Waals surface area contributed by atoms with Gasteiger partial charge in [-0.15, -0.1) is 0 Å². The van der Waals surface area contributed by atoms with E-state index in [1.807, 2.05) is 11.0 Å². The van der Waals surface area contributed by atoms with Crippen molar-refractivity contribution in [2.75, 3.05) is 37.6 Å². The summed E-state index contributed by atoms with van der Waals surface area (Å²) in [5.41, 5.74) is -0.0609. The molecule has 0 aliphatic carbocycles. The Morgan fingerprint density at radius 2 is 1.83 bits per heavy atom. The van der Waals surface area contributed by atoms with E-state index in [-0.39, 0.29) is 5.92 Å². The number of nitrogens with zero attached hydrogens (tertiary/aromatic N) is 4. The van der Waals surface area contributed by atoms with Crippen LogP contribution in [-0.2, 0) is 6.18 Å². The maximum absolute atomic E-state index is 12.8. The third-order valence-corrected chi connectivity index (χ3v) is 4.18. The summed E-state index contributed by atoms with van der Waals surface area (Å²) in [6, 6.07) is 9.64. The van der Waals surface area contributed by atoms with Crippen molar-refractivity contribution >= 4 is 5.69 Å². The van der Waals surface area contributed by atoms with E-state index >= 15 is 0 Å². The van der Waals surface area contributed by atoms with Gasteiger partial charge in [0.1, 0.15) is 0 Å². The van der Waals surface area contributed by atoms with Gasteiger partial charge in [0.25, 0.3) is 0 Å². The van der Waals surface area contributed by atoms with Crippen LogP contribution in [0.15, 0.2) is 24.3 Å². The largest absolute Gasteiger partial charge is 0.416 e. The molecule has 0 amide bonds. The Bertz CT molecular complexity index is 622. The van der Waals surface area contributed by atoms with Gasteiger partial charge in [0.15, 0.2) is 0 Å². The molecule has 1 atom stereocenters. The molecule has 1 aromatic rings. The summed E-state index contributed by atoms with van der Waals surface area (Å²) in [4.78, 5) is 4.07. The lowest BCUT2D eigenvalue weighted by atomic mass is 10.0. The van der Waals surface area contributed by atoms with Crippen molar-refractivity contribution in [2.24, 2.45) is 5.92 Å². The quantitative estimate of drug-likeness (QED) is 0.828. The Morgan fingerprint density at radius 3 is 2.42 bits per heavy atom. The molecule has 0 bridgehead atoms. The Labute approximate surface area is 139 Å². The van der Waals surface area contributed by atoms with Crippen molar-refractivity contribution in [2.45, 2.75) is 19.0 Å². The Hall–Kier alpha value is -2.25. The van der Waals surface area contributed by atoms with E-state index < -0.39 is 11.7 Å². The SMILES string of the molecule is N#CCC[C@@H](C#N)CN1CCN(c2cccc(C(F)(F)F)c2)CC1. The van der Waals surface area contributed by atoms with E-state index in [0.29, 0.717) is 51.3 Å². The monoisotopic (exact) mass is 336 g/mol. The molecule has 1 aliphatic heterocycles. The van der Waals surface area contributed by atoms with E-state index in [0.717, 1.165) is 6.07 Å². The van der Waals surface area contributed by atoms with E-state index in [1.165, 1.54) is 12.1 Å². The van der Waals surface area contributed by atoms with Crippen molar-refractivity contribution in [1.29, 1.82) is 10.5 Å². The number of piperazine rings is 1. The minimum absolute atomic E-state index is 0.176. The fourth-order valence-corrected chi connectivity index (χ4v) is 2.81. The predicted octanol–water partition coefficient (Wildman–Crippen LogP) is 3.27. The molecular formula is C17H19F3N4. The lowest BCUT2D eigenvalue weighted by Crippen LogP contribution is -2.47. The highest BCUT2D eigenvalue weighted by molar-refractivity contribution is 5.49. The van der Waals surface area contributed by atoms with Crippen LogP contribution in [-0.4, -0.2) is 37.6 Å². The molecule has 0 unspecified atom stereocenters. The van der Waals surface area contributed by atoms with Gasteiger partial charge in [0.05, 0.1) is 23.6 Å². The highest BCUT2D eigenvalue weighted by atomic mass is 19.4. The van der Waals surface area contributed by atoms with Crippen LogP contribution in [0.2, 0.25) is 0 Å². The lowest BCUT2D eigenvalue weighted by molar-refractivity contribution is -0.137. The Balaban J connectivity index is 1.91. The molecular weight excluding hydrogens is 317 g/mol. The Morgan fingerprint density at radius 1 is 1.12 bits per heavy atom. The molecule has 4 nitrogen and oxygen atoms in total. The molecule has 24 heavy (non-hydrogen) atoms. The molecule has 0 saturated carbocycles. The first-order valence-electron chi connectivity index (χ1n) is 7.85. The standard InChI is InChI=1S/C17H19F3N4/c18-17(19,20)15-4-1-5-16(11-15)24-9-7-23(8-10-24)13-14(12-22)3-2-6-21/h1,4-5,11,14H,2-3,7-10,13H2/t14-/m0/s1. The number of rotatable bonds is 5. The van der Waals surface area contributed by atoms with Crippen LogP contribution >= 0.6 is 0 Å². The molecule has 0 aromatic heterocycles. The number of halogens is 3. The molecule has 0 N–H and O–H groups in total. The van der Waals surface area contributed by atoms with Gasteiger partial charge in [-0.25, -0.2) is 0 Å². The van der Waals surface area contributed by atoms with Crippen molar-refractivity contribution in [3.8, 4) is 12.1 Å². The van der Waals surface area contributed by atoms with E-state index in [9.17, 15) is 13.2 Å². The van der Waals surface area contributed by atoms with Gasteiger partial charge >= 0.3 is 6.18 Å². The minimum Gasteiger partial charge on any atom is -0.369 e. The van der Waals surface area contributed by atoms with Gasteiger partial charge in [-0.2, -0.15) is 23.7 Å². The van der Waals surface area contributed by atoms with Crippen molar-refractivity contribution in [3.63, 3.8) is 0 Å². The van der Waals surface area contributed by atoms with Gasteiger partial charge in [0, 0.05) is 44.8 Å². The van der Waals surface area contributed by atoms with Gasteiger partial charge < -0.3 is 4.90 Å². The zero-order chi connectivity index (χ0) is 17.6. The lowest BCUT2D eigenvalue weighted by Gasteiger charge is -2.37. The maximum Gasteiger partial charge on any atom is 0.416 e. The summed E-state index contributed by atoms with van der Waals surface area (Å²) in [7, 11) is 0. The molecule has 7 heteroatoms. The molecule has 1 aliphatic rings. The topological polar surface area (TPSA) is 54.1 Å². The van der Waals surface area contributed by atoms with Crippen LogP contribution < -0.4 is 4.90 Å². The van der Waals surface area contributed by atoms with E-state index in [2.05, 4.69) is 11.0 Å². The van der Waals surface area contributed by atoms with Crippen LogP contribution in [0.5, 0.6) is 0 Å². The normalized spacial score (nSPS) is 17.1. The molecule has 2 rings (SSSR count). The molecule has 1 aromatic carbocycles. The molecule has 1 fully saturated rings. The van der Waals surface area contributed by atoms with Gasteiger partial charge in [-0.1, -0.05) is 6.07 Å². The first-order chi connectivity index (χ1) is 11.4. The smallest absolute Gasteiger partial charge is 0.369 e. The number of nitriles is 2. The summed E-state index contributed by atoms with van der Waals surface area (Å²) in [6.45, 7) is 3.24. The third-order valence-electron chi connectivity index (χ3n) is 4.18. The van der Waals surface area contributed by atoms with Gasteiger partial charge in [0.2, 0.25) is 0 Å². The number of anilines is 1. The second kappa shape index (κ2) is 8.03. The van der Waals surface area contributed by atoms with Crippen LogP contribution in [0.3, 0.4) is 0 Å². The molecule has 1 heterocycles. The van der Waals surface area contributed by atoms with E-state index in [1.54, 1.807) is 6.07 Å². The fourth-order valence-electron chi connectivity index (χ4n) is 2.81. The summed E-state index contributed by atoms with van der Waals surface area (Å²) < 4.78 is 38.4. The zero-order valence-electron chi connectivity index (χ0n) is 13.3. The molecule has 0 radical (unpaired) electrons. The van der Waals surface area contributed by atoms with Crippen LogP contribution in [0, 0.1) is 28.6 Å². The second-order valence-corrected chi connectivity index (χ2v) is 5.86. The first kappa shape index (κ1) is 18.1. The number of benzene rings is 1. The van der Waals surface area contributed by atoms with Crippen LogP contribution in [0.1, 0.15) is 18.4 Å². The predicted molar refractivity (Wildman–Crippen MR) is 84.0 cm³/mol. The first-order valence-corrected chi connectivity index (χ1v) is 7.85. The molecule has 128 valence electrons. The number of alkyl halides is 3. The summed E-state index contributed by atoms with van der Waals surface area (Å²) in [6.07, 6.45) is -3.41. The highest BCUT2D eigenvalue weighted by Crippen LogP contribution is 2.31. The number of hydrogen-bond acceptors (Lipinski definition) is 4.